The summed E-state index contributed by atoms with van der Waals surface area (Å²) in [4.78, 5) is 9.44. The fourth-order valence-electron chi connectivity index (χ4n) is 6.30. The number of nitrogens with zero attached hydrogens (tertiary/aromatic N) is 5. The summed E-state index contributed by atoms with van der Waals surface area (Å²) in [5.74, 6) is 2.77. The Morgan fingerprint density at radius 2 is 1.24 bits per heavy atom. The van der Waals surface area contributed by atoms with Crippen molar-refractivity contribution >= 4 is 43.6 Å². The van der Waals surface area contributed by atoms with Crippen LogP contribution in [-0.4, -0.2) is 19.1 Å². The molecule has 0 atom stereocenters. The van der Waals surface area contributed by atoms with Crippen molar-refractivity contribution in [3.8, 4) is 29.2 Å². The lowest BCUT2D eigenvalue weighted by molar-refractivity contribution is 0.482. The summed E-state index contributed by atoms with van der Waals surface area (Å²) in [5, 5.41) is 14.5. The van der Waals surface area contributed by atoms with E-state index in [0.29, 0.717) is 17.1 Å². The van der Waals surface area contributed by atoms with Crippen LogP contribution in [0.3, 0.4) is 0 Å². The molecule has 4 heterocycles. The molecule has 45 heavy (non-hydrogen) atoms. The number of hydrogen-bond donors (Lipinski definition) is 0. The number of para-hydroxylation sites is 2. The summed E-state index contributed by atoms with van der Waals surface area (Å²) < 4.78 is 10.9. The molecule has 216 valence electrons. The topological polar surface area (TPSA) is 68.7 Å². The van der Waals surface area contributed by atoms with Crippen molar-refractivity contribution in [2.45, 2.75) is 26.2 Å². The minimum Gasteiger partial charge on any atom is -0.456 e. The lowest BCUT2D eigenvalue weighted by Crippen LogP contribution is -2.12. The first-order chi connectivity index (χ1) is 21.9. The number of fused-ring (bicyclic) bond motifs is 6. The summed E-state index contributed by atoms with van der Waals surface area (Å²) in [7, 11) is 0. The van der Waals surface area contributed by atoms with Gasteiger partial charge in [-0.2, -0.15) is 5.26 Å². The van der Waals surface area contributed by atoms with Crippen LogP contribution in [0.1, 0.15) is 31.9 Å². The zero-order valence-corrected chi connectivity index (χ0v) is 25.2. The van der Waals surface area contributed by atoms with Crippen molar-refractivity contribution in [3.63, 3.8) is 0 Å². The molecule has 0 bridgehead atoms. The van der Waals surface area contributed by atoms with E-state index in [1.165, 1.54) is 5.56 Å². The van der Waals surface area contributed by atoms with Crippen LogP contribution in [-0.2, 0) is 5.41 Å². The van der Waals surface area contributed by atoms with Crippen molar-refractivity contribution in [1.29, 1.82) is 5.26 Å². The number of aromatic nitrogens is 4. The maximum absolute atomic E-state index is 10.3. The fourth-order valence-corrected chi connectivity index (χ4v) is 6.30. The highest BCUT2D eigenvalue weighted by Gasteiger charge is 2.20. The minimum atomic E-state index is -0.0327. The first-order valence-corrected chi connectivity index (χ1v) is 15.0. The fraction of sp³-hybridized carbons (Fsp3) is 0.103. The normalized spacial score (nSPS) is 11.9. The molecule has 0 aliphatic heterocycles. The van der Waals surface area contributed by atoms with Crippen LogP contribution in [0, 0.1) is 11.3 Å². The van der Waals surface area contributed by atoms with Gasteiger partial charge in [0, 0.05) is 46.1 Å². The standard InChI is InChI=1S/C39H29N5O/c1-39(2,3)26-17-19-42-38(21-26)44-33-13-7-5-11-29(33)31-20-25(24-40)36(23-35(31)44)45-27-15-16-30-28-10-4-6-12-32(28)43(34(30)22-27)37-14-8-9-18-41-37/h4-23H,1-3H3. The third-order valence-corrected chi connectivity index (χ3v) is 8.49. The van der Waals surface area contributed by atoms with Gasteiger partial charge in [0.2, 0.25) is 0 Å². The molecular formula is C39H29N5O. The maximum Gasteiger partial charge on any atom is 0.147 e. The predicted octanol–water partition coefficient (Wildman–Crippen LogP) is 9.63. The van der Waals surface area contributed by atoms with Gasteiger partial charge in [-0.05, 0) is 65.6 Å². The molecule has 0 aliphatic carbocycles. The summed E-state index contributed by atoms with van der Waals surface area (Å²) in [5.41, 5.74) is 5.61. The molecule has 0 aliphatic rings. The lowest BCUT2D eigenvalue weighted by Gasteiger charge is -2.20. The van der Waals surface area contributed by atoms with E-state index in [4.69, 9.17) is 9.72 Å². The van der Waals surface area contributed by atoms with Gasteiger partial charge in [0.05, 0.1) is 27.6 Å². The smallest absolute Gasteiger partial charge is 0.147 e. The first-order valence-electron chi connectivity index (χ1n) is 15.0. The van der Waals surface area contributed by atoms with Gasteiger partial charge in [-0.15, -0.1) is 0 Å². The molecule has 4 aromatic heterocycles. The van der Waals surface area contributed by atoms with Crippen LogP contribution in [0.4, 0.5) is 0 Å². The van der Waals surface area contributed by atoms with E-state index < -0.39 is 0 Å². The number of hydrogen-bond acceptors (Lipinski definition) is 4. The largest absolute Gasteiger partial charge is 0.456 e. The minimum absolute atomic E-state index is 0.0327. The van der Waals surface area contributed by atoms with Crippen LogP contribution < -0.4 is 4.74 Å². The monoisotopic (exact) mass is 583 g/mol. The molecule has 0 N–H and O–H groups in total. The van der Waals surface area contributed by atoms with E-state index in [0.717, 1.165) is 55.2 Å². The molecule has 8 aromatic rings. The number of pyridine rings is 2. The highest BCUT2D eigenvalue weighted by Crippen LogP contribution is 2.39. The van der Waals surface area contributed by atoms with Gasteiger partial charge >= 0.3 is 0 Å². The zero-order valence-electron chi connectivity index (χ0n) is 25.2. The summed E-state index contributed by atoms with van der Waals surface area (Å²) in [6.45, 7) is 6.60. The average molecular weight is 584 g/mol. The van der Waals surface area contributed by atoms with Crippen LogP contribution in [0.15, 0.2) is 122 Å². The lowest BCUT2D eigenvalue weighted by atomic mass is 9.88. The van der Waals surface area contributed by atoms with Gasteiger partial charge in [0.25, 0.3) is 0 Å². The Kier molecular flexibility index (Phi) is 5.97. The molecule has 0 radical (unpaired) electrons. The predicted molar refractivity (Wildman–Crippen MR) is 181 cm³/mol. The second-order valence-electron chi connectivity index (χ2n) is 12.3. The van der Waals surface area contributed by atoms with E-state index in [1.807, 2.05) is 66.9 Å². The van der Waals surface area contributed by atoms with Gasteiger partial charge in [0.1, 0.15) is 29.2 Å². The molecule has 0 saturated heterocycles. The van der Waals surface area contributed by atoms with Crippen molar-refractivity contribution in [1.82, 2.24) is 19.1 Å². The SMILES string of the molecule is CC(C)(C)c1ccnc(-n2c3ccccc3c3cc(C#N)c(Oc4ccc5c6ccccc6n(-c6ccccn6)c5c4)cc32)c1. The number of nitriles is 1. The molecule has 6 nitrogen and oxygen atoms in total. The quantitative estimate of drug-likeness (QED) is 0.207. The third kappa shape index (κ3) is 4.32. The Labute approximate surface area is 260 Å². The Balaban J connectivity index is 1.33. The van der Waals surface area contributed by atoms with E-state index in [9.17, 15) is 5.26 Å². The Morgan fingerprint density at radius 1 is 0.600 bits per heavy atom. The molecular weight excluding hydrogens is 554 g/mol. The molecule has 0 unspecified atom stereocenters. The highest BCUT2D eigenvalue weighted by atomic mass is 16.5. The van der Waals surface area contributed by atoms with Gasteiger partial charge in [0.15, 0.2) is 0 Å². The van der Waals surface area contributed by atoms with Crippen LogP contribution in [0.5, 0.6) is 11.5 Å². The summed E-state index contributed by atoms with van der Waals surface area (Å²) in [6.07, 6.45) is 3.67. The molecule has 0 saturated carbocycles. The summed E-state index contributed by atoms with van der Waals surface area (Å²) in [6, 6.07) is 39.0. The Bertz CT molecular complexity index is 2460. The van der Waals surface area contributed by atoms with Crippen LogP contribution in [0.2, 0.25) is 0 Å². The van der Waals surface area contributed by atoms with Gasteiger partial charge in [-0.3, -0.25) is 9.13 Å². The second kappa shape index (κ2) is 10.1. The number of benzene rings is 4. The summed E-state index contributed by atoms with van der Waals surface area (Å²) >= 11 is 0. The highest BCUT2D eigenvalue weighted by molar-refractivity contribution is 6.11. The van der Waals surface area contributed by atoms with E-state index in [1.54, 1.807) is 6.20 Å². The number of rotatable bonds is 4. The number of ether oxygens (including phenoxy) is 1. The Hall–Kier alpha value is -5.93. The average Bonchev–Trinajstić information content (AvgIpc) is 3.56. The van der Waals surface area contributed by atoms with E-state index in [-0.39, 0.29) is 5.41 Å². The molecule has 0 spiro atoms. The molecule has 0 fully saturated rings. The van der Waals surface area contributed by atoms with Crippen molar-refractivity contribution in [2.75, 3.05) is 0 Å². The Morgan fingerprint density at radius 3 is 1.96 bits per heavy atom. The molecule has 4 aromatic carbocycles. The third-order valence-electron chi connectivity index (χ3n) is 8.49. The molecule has 8 rings (SSSR count). The van der Waals surface area contributed by atoms with Crippen LogP contribution in [0.25, 0.3) is 55.2 Å². The van der Waals surface area contributed by atoms with Crippen molar-refractivity contribution in [2.24, 2.45) is 0 Å². The second-order valence-corrected chi connectivity index (χ2v) is 12.3. The van der Waals surface area contributed by atoms with Gasteiger partial charge < -0.3 is 4.74 Å². The molecule has 6 heteroatoms. The van der Waals surface area contributed by atoms with Crippen molar-refractivity contribution in [3.05, 3.63) is 133 Å². The molecule has 0 amide bonds. The van der Waals surface area contributed by atoms with Crippen molar-refractivity contribution < 1.29 is 4.74 Å². The van der Waals surface area contributed by atoms with Gasteiger partial charge in [-0.1, -0.05) is 63.2 Å². The maximum atomic E-state index is 10.3. The zero-order chi connectivity index (χ0) is 30.7. The van der Waals surface area contributed by atoms with E-state index >= 15 is 0 Å². The first kappa shape index (κ1) is 26.7. The van der Waals surface area contributed by atoms with Crippen LogP contribution >= 0.6 is 0 Å². The van der Waals surface area contributed by atoms with Gasteiger partial charge in [-0.25, -0.2) is 9.97 Å². The van der Waals surface area contributed by atoms with E-state index in [2.05, 4.69) is 89.5 Å².